The molecule has 2 N–H and O–H groups in total. The van der Waals surface area contributed by atoms with Crippen molar-refractivity contribution < 1.29 is 4.79 Å². The summed E-state index contributed by atoms with van der Waals surface area (Å²) in [4.78, 5) is 11.6. The number of nitrogens with one attached hydrogen (secondary N) is 2. The third-order valence-electron chi connectivity index (χ3n) is 3.01. The second-order valence-electron chi connectivity index (χ2n) is 4.18. The zero-order valence-corrected chi connectivity index (χ0v) is 9.62. The van der Waals surface area contributed by atoms with E-state index >= 15 is 0 Å². The molecule has 1 aliphatic heterocycles. The lowest BCUT2D eigenvalue weighted by Crippen LogP contribution is -2.32. The summed E-state index contributed by atoms with van der Waals surface area (Å²) < 4.78 is 0. The molecule has 0 saturated heterocycles. The number of carbonyl (C=O) groups excluding carboxylic acids is 1. The third-order valence-corrected chi connectivity index (χ3v) is 3.01. The summed E-state index contributed by atoms with van der Waals surface area (Å²) in [5.74, 6) is 0.461. The highest BCUT2D eigenvalue weighted by atomic mass is 16.1. The van der Waals surface area contributed by atoms with E-state index in [0.29, 0.717) is 18.9 Å². The van der Waals surface area contributed by atoms with Crippen molar-refractivity contribution in [1.29, 1.82) is 0 Å². The molecular formula is C13H18N2O. The molecule has 0 saturated carbocycles. The van der Waals surface area contributed by atoms with Gasteiger partial charge in [-0.15, -0.1) is 0 Å². The molecule has 0 radical (unpaired) electrons. The molecule has 3 heteroatoms. The Hall–Kier alpha value is -1.35. The lowest BCUT2D eigenvalue weighted by Gasteiger charge is -2.25. The van der Waals surface area contributed by atoms with Crippen molar-refractivity contribution in [2.75, 3.05) is 13.1 Å². The first-order valence-corrected chi connectivity index (χ1v) is 5.86. The molecule has 3 nitrogen and oxygen atoms in total. The topological polar surface area (TPSA) is 41.1 Å². The first-order valence-electron chi connectivity index (χ1n) is 5.86. The second-order valence-corrected chi connectivity index (χ2v) is 4.18. The number of rotatable bonds is 3. The maximum atomic E-state index is 11.6. The number of benzene rings is 1. The van der Waals surface area contributed by atoms with E-state index in [1.54, 1.807) is 0 Å². The molecule has 1 aromatic carbocycles. The van der Waals surface area contributed by atoms with E-state index in [4.69, 9.17) is 0 Å². The van der Waals surface area contributed by atoms with Crippen molar-refractivity contribution in [2.45, 2.75) is 25.8 Å². The van der Waals surface area contributed by atoms with Crippen LogP contribution in [0, 0.1) is 0 Å². The smallest absolute Gasteiger partial charge is 0.220 e. The summed E-state index contributed by atoms with van der Waals surface area (Å²) in [6, 6.07) is 8.37. The van der Waals surface area contributed by atoms with Crippen LogP contribution in [0.3, 0.4) is 0 Å². The summed E-state index contributed by atoms with van der Waals surface area (Å²) in [5.41, 5.74) is 2.65. The molecule has 1 aliphatic rings. The Bertz CT molecular complexity index is 376. The number of fused-ring (bicyclic) bond motifs is 1. The molecule has 0 spiro atoms. The van der Waals surface area contributed by atoms with Crippen LogP contribution < -0.4 is 10.6 Å². The molecule has 16 heavy (non-hydrogen) atoms. The van der Waals surface area contributed by atoms with Crippen molar-refractivity contribution in [3.63, 3.8) is 0 Å². The van der Waals surface area contributed by atoms with E-state index in [1.165, 1.54) is 11.1 Å². The average Bonchev–Trinajstić information content (AvgIpc) is 2.30. The van der Waals surface area contributed by atoms with Gasteiger partial charge in [0.2, 0.25) is 5.91 Å². The fraction of sp³-hybridized carbons (Fsp3) is 0.462. The molecular weight excluding hydrogens is 200 g/mol. The Balaban J connectivity index is 2.10. The predicted molar refractivity (Wildman–Crippen MR) is 64.2 cm³/mol. The van der Waals surface area contributed by atoms with Gasteiger partial charge in [0, 0.05) is 32.0 Å². The van der Waals surface area contributed by atoms with Crippen molar-refractivity contribution >= 4 is 5.91 Å². The van der Waals surface area contributed by atoms with Gasteiger partial charge in [-0.05, 0) is 18.1 Å². The van der Waals surface area contributed by atoms with E-state index in [9.17, 15) is 4.79 Å². The van der Waals surface area contributed by atoms with Gasteiger partial charge in [-0.1, -0.05) is 24.3 Å². The Morgan fingerprint density at radius 1 is 1.50 bits per heavy atom. The largest absolute Gasteiger partial charge is 0.356 e. The zero-order chi connectivity index (χ0) is 11.4. The van der Waals surface area contributed by atoms with Gasteiger partial charge in [0.25, 0.3) is 0 Å². The number of amides is 1. The van der Waals surface area contributed by atoms with E-state index in [0.717, 1.165) is 13.1 Å². The van der Waals surface area contributed by atoms with Crippen LogP contribution >= 0.6 is 0 Å². The number of hydrogen-bond donors (Lipinski definition) is 2. The van der Waals surface area contributed by atoms with Gasteiger partial charge >= 0.3 is 0 Å². The van der Waals surface area contributed by atoms with Crippen LogP contribution in [0.15, 0.2) is 24.3 Å². The molecule has 86 valence electrons. The SMILES string of the molecule is CCNC(=O)CC1CNCc2ccccc21. The van der Waals surface area contributed by atoms with Crippen LogP contribution in [0.25, 0.3) is 0 Å². The van der Waals surface area contributed by atoms with Crippen molar-refractivity contribution in [3.8, 4) is 0 Å². The zero-order valence-electron chi connectivity index (χ0n) is 9.62. The molecule has 0 bridgehead atoms. The number of carbonyl (C=O) groups is 1. The predicted octanol–water partition coefficient (Wildman–Crippen LogP) is 1.40. The molecule has 1 unspecified atom stereocenters. The highest BCUT2D eigenvalue weighted by Gasteiger charge is 2.21. The Morgan fingerprint density at radius 2 is 2.31 bits per heavy atom. The van der Waals surface area contributed by atoms with E-state index in [-0.39, 0.29) is 5.91 Å². The highest BCUT2D eigenvalue weighted by Crippen LogP contribution is 2.26. The fourth-order valence-corrected chi connectivity index (χ4v) is 2.26. The first kappa shape index (κ1) is 11.1. The molecule has 2 rings (SSSR count). The van der Waals surface area contributed by atoms with Gasteiger partial charge in [0.15, 0.2) is 0 Å². The quantitative estimate of drug-likeness (QED) is 0.805. The lowest BCUT2D eigenvalue weighted by atomic mass is 9.88. The van der Waals surface area contributed by atoms with E-state index in [1.807, 2.05) is 6.92 Å². The maximum absolute atomic E-state index is 11.6. The van der Waals surface area contributed by atoms with Gasteiger partial charge in [-0.2, -0.15) is 0 Å². The summed E-state index contributed by atoms with van der Waals surface area (Å²) in [7, 11) is 0. The van der Waals surface area contributed by atoms with Crippen LogP contribution in [-0.4, -0.2) is 19.0 Å². The molecule has 1 aromatic rings. The standard InChI is InChI=1S/C13H18N2O/c1-2-15-13(16)7-11-9-14-8-10-5-3-4-6-12(10)11/h3-6,11,14H,2,7-9H2,1H3,(H,15,16). The van der Waals surface area contributed by atoms with Crippen molar-refractivity contribution in [3.05, 3.63) is 35.4 Å². The second kappa shape index (κ2) is 5.12. The Morgan fingerprint density at radius 3 is 3.12 bits per heavy atom. The van der Waals surface area contributed by atoms with Gasteiger partial charge < -0.3 is 10.6 Å². The molecule has 1 atom stereocenters. The summed E-state index contributed by atoms with van der Waals surface area (Å²) in [6.07, 6.45) is 0.581. The third kappa shape index (κ3) is 2.42. The molecule has 0 aromatic heterocycles. The molecule has 0 aliphatic carbocycles. The Labute approximate surface area is 96.2 Å². The van der Waals surface area contributed by atoms with E-state index < -0.39 is 0 Å². The average molecular weight is 218 g/mol. The molecule has 1 amide bonds. The van der Waals surface area contributed by atoms with Crippen LogP contribution in [0.1, 0.15) is 30.4 Å². The van der Waals surface area contributed by atoms with Crippen LogP contribution in [0.5, 0.6) is 0 Å². The van der Waals surface area contributed by atoms with Gasteiger partial charge in [-0.3, -0.25) is 4.79 Å². The summed E-state index contributed by atoms with van der Waals surface area (Å²) in [5, 5.41) is 6.22. The number of hydrogen-bond acceptors (Lipinski definition) is 2. The summed E-state index contributed by atoms with van der Waals surface area (Å²) >= 11 is 0. The molecule has 1 heterocycles. The highest BCUT2D eigenvalue weighted by molar-refractivity contribution is 5.77. The van der Waals surface area contributed by atoms with Crippen molar-refractivity contribution in [1.82, 2.24) is 10.6 Å². The monoisotopic (exact) mass is 218 g/mol. The fourth-order valence-electron chi connectivity index (χ4n) is 2.26. The van der Waals surface area contributed by atoms with Crippen LogP contribution in [0.4, 0.5) is 0 Å². The van der Waals surface area contributed by atoms with E-state index in [2.05, 4.69) is 34.9 Å². The Kier molecular flexibility index (Phi) is 3.57. The minimum Gasteiger partial charge on any atom is -0.356 e. The molecule has 0 fully saturated rings. The summed E-state index contributed by atoms with van der Waals surface area (Å²) in [6.45, 7) is 4.47. The van der Waals surface area contributed by atoms with Gasteiger partial charge in [-0.25, -0.2) is 0 Å². The van der Waals surface area contributed by atoms with Gasteiger partial charge in [0.1, 0.15) is 0 Å². The van der Waals surface area contributed by atoms with Crippen molar-refractivity contribution in [2.24, 2.45) is 0 Å². The minimum atomic E-state index is 0.144. The van der Waals surface area contributed by atoms with Crippen LogP contribution in [-0.2, 0) is 11.3 Å². The lowest BCUT2D eigenvalue weighted by molar-refractivity contribution is -0.121. The minimum absolute atomic E-state index is 0.144. The van der Waals surface area contributed by atoms with Gasteiger partial charge in [0.05, 0.1) is 0 Å². The first-order chi connectivity index (χ1) is 7.81. The maximum Gasteiger partial charge on any atom is 0.220 e. The van der Waals surface area contributed by atoms with Crippen LogP contribution in [0.2, 0.25) is 0 Å². The normalized spacial score (nSPS) is 18.9.